The molecule has 2 N–H and O–H groups in total. The summed E-state index contributed by atoms with van der Waals surface area (Å²) in [5.41, 5.74) is 1.98. The van der Waals surface area contributed by atoms with Crippen LogP contribution in [0.15, 0.2) is 83.0 Å². The summed E-state index contributed by atoms with van der Waals surface area (Å²) in [5.74, 6) is -0.112. The highest BCUT2D eigenvalue weighted by Crippen LogP contribution is 2.30. The fourth-order valence-corrected chi connectivity index (χ4v) is 6.89. The van der Waals surface area contributed by atoms with E-state index in [2.05, 4.69) is 37.1 Å². The van der Waals surface area contributed by atoms with Gasteiger partial charge in [0.1, 0.15) is 17.8 Å². The van der Waals surface area contributed by atoms with Gasteiger partial charge in [-0.2, -0.15) is 9.78 Å². The number of aryl methyl sites for hydroxylation is 1. The second-order valence-electron chi connectivity index (χ2n) is 12.5. The molecule has 8 rings (SSSR count). The fourth-order valence-electron chi connectivity index (χ4n) is 6.89. The molecular weight excluding hydrogens is 629 g/mol. The van der Waals surface area contributed by atoms with Crippen molar-refractivity contribution in [2.24, 2.45) is 7.05 Å². The lowest BCUT2D eigenvalue weighted by Crippen LogP contribution is -2.59. The van der Waals surface area contributed by atoms with Gasteiger partial charge >= 0.3 is 0 Å². The lowest BCUT2D eigenvalue weighted by molar-refractivity contribution is -0.0691. The number of hydrogen-bond donors (Lipinski definition) is 2. The quantitative estimate of drug-likeness (QED) is 0.263. The maximum atomic E-state index is 15.4. The van der Waals surface area contributed by atoms with Crippen LogP contribution in [0.1, 0.15) is 12.5 Å². The van der Waals surface area contributed by atoms with Crippen molar-refractivity contribution in [1.82, 2.24) is 33.6 Å². The van der Waals surface area contributed by atoms with Gasteiger partial charge in [-0.25, -0.2) is 14.4 Å². The molecule has 2 fully saturated rings. The average molecular weight is 664 g/mol. The predicted molar refractivity (Wildman–Crippen MR) is 183 cm³/mol. The minimum atomic E-state index is -0.725. The van der Waals surface area contributed by atoms with E-state index < -0.39 is 18.0 Å². The summed E-state index contributed by atoms with van der Waals surface area (Å²) in [6, 6.07) is 14.8. The van der Waals surface area contributed by atoms with Gasteiger partial charge in [0.05, 0.1) is 43.3 Å². The first-order chi connectivity index (χ1) is 23.8. The zero-order valence-corrected chi connectivity index (χ0v) is 27.0. The first kappa shape index (κ1) is 30.9. The number of hydrogen-bond acceptors (Lipinski definition) is 10. The molecule has 2 saturated heterocycles. The molecule has 6 aromatic rings. The van der Waals surface area contributed by atoms with Crippen LogP contribution in [0.5, 0.6) is 0 Å². The molecule has 0 aliphatic carbocycles. The van der Waals surface area contributed by atoms with Crippen LogP contribution in [0.3, 0.4) is 0 Å². The van der Waals surface area contributed by atoms with Gasteiger partial charge in [-0.15, -0.1) is 0 Å². The Morgan fingerprint density at radius 3 is 2.63 bits per heavy atom. The van der Waals surface area contributed by atoms with Crippen molar-refractivity contribution in [3.8, 4) is 16.9 Å². The topological polar surface area (TPSA) is 135 Å². The molecular formula is C35H34FN9O4. The van der Waals surface area contributed by atoms with Crippen molar-refractivity contribution < 1.29 is 14.2 Å². The Labute approximate surface area is 279 Å². The van der Waals surface area contributed by atoms with E-state index in [1.165, 1.54) is 21.5 Å². The number of aromatic nitrogens is 6. The Balaban J connectivity index is 1.10. The summed E-state index contributed by atoms with van der Waals surface area (Å²) in [6.45, 7) is 6.14. The molecule has 1 atom stereocenters. The minimum absolute atomic E-state index is 0.0499. The number of pyridine rings is 3. The van der Waals surface area contributed by atoms with Gasteiger partial charge in [-0.1, -0.05) is 12.1 Å². The second-order valence-corrected chi connectivity index (χ2v) is 12.5. The lowest BCUT2D eigenvalue weighted by Gasteiger charge is -2.46. The molecule has 49 heavy (non-hydrogen) atoms. The molecule has 1 aromatic carbocycles. The van der Waals surface area contributed by atoms with E-state index in [4.69, 9.17) is 4.74 Å². The van der Waals surface area contributed by atoms with Crippen LogP contribution in [0.25, 0.3) is 33.4 Å². The first-order valence-electron chi connectivity index (χ1n) is 16.1. The lowest BCUT2D eigenvalue weighted by atomic mass is 10.0. The maximum Gasteiger partial charge on any atom is 0.300 e. The summed E-state index contributed by atoms with van der Waals surface area (Å²) >= 11 is 0. The molecule has 0 amide bonds. The molecule has 2 aliphatic rings. The molecule has 14 heteroatoms. The first-order valence-corrected chi connectivity index (χ1v) is 16.1. The molecule has 250 valence electrons. The monoisotopic (exact) mass is 663 g/mol. The zero-order chi connectivity index (χ0) is 33.8. The molecule has 5 aromatic heterocycles. The number of rotatable bonds is 7. The molecule has 0 unspecified atom stereocenters. The maximum absolute atomic E-state index is 15.4. The number of benzene rings is 1. The van der Waals surface area contributed by atoms with Crippen molar-refractivity contribution in [2.75, 3.05) is 43.1 Å². The van der Waals surface area contributed by atoms with E-state index in [1.807, 2.05) is 18.3 Å². The second kappa shape index (κ2) is 12.2. The Morgan fingerprint density at radius 2 is 1.90 bits per heavy atom. The molecule has 7 heterocycles. The third-order valence-electron chi connectivity index (χ3n) is 9.55. The van der Waals surface area contributed by atoms with Gasteiger partial charge in [0.2, 0.25) is 0 Å². The number of piperazine rings is 1. The Kier molecular flexibility index (Phi) is 7.70. The van der Waals surface area contributed by atoms with Crippen LogP contribution in [-0.2, 0) is 18.4 Å². The van der Waals surface area contributed by atoms with Gasteiger partial charge in [-0.3, -0.25) is 18.9 Å². The van der Waals surface area contributed by atoms with E-state index in [-0.39, 0.29) is 28.1 Å². The van der Waals surface area contributed by atoms with Gasteiger partial charge in [0, 0.05) is 61.6 Å². The highest BCUT2D eigenvalue weighted by Gasteiger charge is 2.32. The Hall–Kier alpha value is -5.44. The van der Waals surface area contributed by atoms with Crippen LogP contribution >= 0.6 is 0 Å². The van der Waals surface area contributed by atoms with Crippen molar-refractivity contribution in [2.45, 2.75) is 25.6 Å². The number of aliphatic hydroxyl groups excluding tert-OH is 1. The summed E-state index contributed by atoms with van der Waals surface area (Å²) in [4.78, 5) is 40.7. The summed E-state index contributed by atoms with van der Waals surface area (Å²) in [6.07, 6.45) is 6.28. The number of ether oxygens (including phenoxy) is 1. The number of para-hydroxylation sites is 1. The van der Waals surface area contributed by atoms with Gasteiger partial charge in [0.25, 0.3) is 11.1 Å². The third-order valence-corrected chi connectivity index (χ3v) is 9.55. The van der Waals surface area contributed by atoms with E-state index in [0.717, 1.165) is 43.2 Å². The molecule has 0 saturated carbocycles. The minimum Gasteiger partial charge on any atom is -0.392 e. The fraction of sp³-hybridized carbons (Fsp3) is 0.286. The summed E-state index contributed by atoms with van der Waals surface area (Å²) < 4.78 is 24.6. The number of halogens is 1. The van der Waals surface area contributed by atoms with Crippen LogP contribution < -0.4 is 21.3 Å². The van der Waals surface area contributed by atoms with Gasteiger partial charge < -0.3 is 24.6 Å². The molecule has 0 bridgehead atoms. The van der Waals surface area contributed by atoms with Crippen molar-refractivity contribution in [3.05, 3.63) is 106 Å². The number of fused-ring (bicyclic) bond motifs is 3. The van der Waals surface area contributed by atoms with Crippen LogP contribution in [-0.4, -0.2) is 83.7 Å². The van der Waals surface area contributed by atoms with Gasteiger partial charge in [-0.05, 0) is 48.9 Å². The molecule has 0 spiro atoms. The van der Waals surface area contributed by atoms with E-state index in [9.17, 15) is 14.7 Å². The number of nitrogens with one attached hydrogen (secondary N) is 1. The summed E-state index contributed by atoms with van der Waals surface area (Å²) in [5, 5.41) is 18.3. The standard InChI is InChI=1S/C35H34FN9O4/c1-21-15-42(24-18-49-19-24)11-12-43(21)23-7-8-30(38-14-23)40-28-13-22(16-41(2)34(28)47)25-9-10-37-33(27(25)17-46)45-35(48)32-31(36)26-5-3-4-6-29(26)44(32)20-39-45/h3-10,13-14,16,20-21,24,46H,11-12,15,17-19H2,1-2H3,(H,38,40)/t21-/m0/s1. The Bertz CT molecular complexity index is 2330. The van der Waals surface area contributed by atoms with E-state index in [0.29, 0.717) is 39.9 Å². The largest absolute Gasteiger partial charge is 0.392 e. The Morgan fingerprint density at radius 1 is 1.06 bits per heavy atom. The molecule has 2 aliphatic heterocycles. The van der Waals surface area contributed by atoms with Crippen LogP contribution in [0.2, 0.25) is 0 Å². The number of aliphatic hydroxyl groups is 1. The van der Waals surface area contributed by atoms with Gasteiger partial charge in [0.15, 0.2) is 17.2 Å². The normalized spacial score (nSPS) is 17.1. The highest BCUT2D eigenvalue weighted by molar-refractivity contribution is 5.87. The van der Waals surface area contributed by atoms with Crippen LogP contribution in [0.4, 0.5) is 21.6 Å². The smallest absolute Gasteiger partial charge is 0.300 e. The molecule has 0 radical (unpaired) electrons. The SMILES string of the molecule is C[C@H]1CN(C2COC2)CCN1c1ccc(Nc2cc(-c3ccnc(-n4ncn5c(c(F)c6ccccc65)c4=O)c3CO)cn(C)c2=O)nc1. The average Bonchev–Trinajstić information content (AvgIpc) is 3.38. The number of nitrogens with zero attached hydrogens (tertiary/aromatic N) is 8. The highest BCUT2D eigenvalue weighted by atomic mass is 19.1. The zero-order valence-electron chi connectivity index (χ0n) is 27.0. The van der Waals surface area contributed by atoms with Crippen molar-refractivity contribution >= 4 is 33.6 Å². The van der Waals surface area contributed by atoms with Crippen molar-refractivity contribution in [1.29, 1.82) is 0 Å². The molecule has 13 nitrogen and oxygen atoms in total. The van der Waals surface area contributed by atoms with E-state index in [1.54, 1.807) is 49.6 Å². The van der Waals surface area contributed by atoms with E-state index >= 15 is 4.39 Å². The van der Waals surface area contributed by atoms with Crippen LogP contribution in [0, 0.1) is 5.82 Å². The number of anilines is 3. The van der Waals surface area contributed by atoms with Crippen molar-refractivity contribution in [3.63, 3.8) is 0 Å². The predicted octanol–water partition coefficient (Wildman–Crippen LogP) is 3.08. The third kappa shape index (κ3) is 5.24. The summed E-state index contributed by atoms with van der Waals surface area (Å²) in [7, 11) is 1.63.